The largest absolute Gasteiger partial charge is 0.464 e. The number of aromatic nitrogens is 3. The zero-order valence-corrected chi connectivity index (χ0v) is 12.5. The summed E-state index contributed by atoms with van der Waals surface area (Å²) in [4.78, 5) is 12.1. The minimum absolute atomic E-state index is 0.0594. The molecule has 1 atom stereocenters. The van der Waals surface area contributed by atoms with Crippen molar-refractivity contribution in [3.05, 3.63) is 40.7 Å². The van der Waals surface area contributed by atoms with Crippen molar-refractivity contribution in [2.45, 2.75) is 26.8 Å². The summed E-state index contributed by atoms with van der Waals surface area (Å²) in [5.74, 6) is 0.407. The van der Waals surface area contributed by atoms with Crippen molar-refractivity contribution in [2.24, 2.45) is 0 Å². The maximum atomic E-state index is 5.86. The molecule has 1 unspecified atom stereocenters. The van der Waals surface area contributed by atoms with Gasteiger partial charge < -0.3 is 10.1 Å². The number of nitrogens with zero attached hydrogens (tertiary/aromatic N) is 3. The number of rotatable bonds is 5. The molecule has 0 fully saturated rings. The summed E-state index contributed by atoms with van der Waals surface area (Å²) < 4.78 is 5.25. The molecule has 6 heteroatoms. The number of hydrogen-bond acceptors (Lipinski definition) is 5. The maximum absolute atomic E-state index is 5.86. The van der Waals surface area contributed by atoms with Crippen molar-refractivity contribution in [3.8, 4) is 6.01 Å². The topological polar surface area (TPSA) is 59.9 Å². The zero-order valence-electron chi connectivity index (χ0n) is 11.7. The van der Waals surface area contributed by atoms with Crippen LogP contribution in [-0.4, -0.2) is 21.6 Å². The molecular weight excluding hydrogens is 276 g/mol. The second kappa shape index (κ2) is 6.52. The summed E-state index contributed by atoms with van der Waals surface area (Å²) >= 11 is 5.86. The summed E-state index contributed by atoms with van der Waals surface area (Å²) in [5, 5.41) is 3.33. The Kier molecular flexibility index (Phi) is 4.74. The Bertz CT molecular complexity index is 591. The highest BCUT2D eigenvalue weighted by molar-refractivity contribution is 6.28. The molecule has 0 bridgehead atoms. The lowest BCUT2D eigenvalue weighted by atomic mass is 10.0. The van der Waals surface area contributed by atoms with Gasteiger partial charge in [-0.1, -0.05) is 24.3 Å². The Balaban J connectivity index is 2.19. The van der Waals surface area contributed by atoms with E-state index in [9.17, 15) is 0 Å². The van der Waals surface area contributed by atoms with Gasteiger partial charge in [0, 0.05) is 0 Å². The molecule has 1 aromatic carbocycles. The van der Waals surface area contributed by atoms with E-state index in [0.717, 1.165) is 0 Å². The van der Waals surface area contributed by atoms with Crippen LogP contribution in [0.1, 0.15) is 31.0 Å². The third-order valence-corrected chi connectivity index (χ3v) is 3.03. The van der Waals surface area contributed by atoms with Crippen molar-refractivity contribution in [1.82, 2.24) is 15.0 Å². The molecule has 1 heterocycles. The first kappa shape index (κ1) is 14.5. The van der Waals surface area contributed by atoms with Gasteiger partial charge in [0.15, 0.2) is 0 Å². The van der Waals surface area contributed by atoms with E-state index in [2.05, 4.69) is 39.3 Å². The third-order valence-electron chi connectivity index (χ3n) is 2.86. The minimum Gasteiger partial charge on any atom is -0.464 e. The second-order valence-electron chi connectivity index (χ2n) is 4.37. The maximum Gasteiger partial charge on any atom is 0.322 e. The van der Waals surface area contributed by atoms with Crippen LogP contribution in [0.25, 0.3) is 0 Å². The van der Waals surface area contributed by atoms with E-state index in [1.54, 1.807) is 0 Å². The lowest BCUT2D eigenvalue weighted by molar-refractivity contribution is 0.312. The molecular formula is C14H17ClN4O. The number of benzene rings is 1. The Morgan fingerprint density at radius 2 is 2.00 bits per heavy atom. The fourth-order valence-electron chi connectivity index (χ4n) is 1.93. The molecule has 0 saturated carbocycles. The van der Waals surface area contributed by atoms with Crippen LogP contribution in [0.4, 0.5) is 5.95 Å². The molecule has 5 nitrogen and oxygen atoms in total. The lowest BCUT2D eigenvalue weighted by Crippen LogP contribution is -2.12. The summed E-state index contributed by atoms with van der Waals surface area (Å²) in [6.45, 7) is 6.45. The van der Waals surface area contributed by atoms with Crippen molar-refractivity contribution in [3.63, 3.8) is 0 Å². The van der Waals surface area contributed by atoms with Gasteiger partial charge in [0.25, 0.3) is 0 Å². The lowest BCUT2D eigenvalue weighted by Gasteiger charge is -2.16. The molecule has 2 rings (SSSR count). The second-order valence-corrected chi connectivity index (χ2v) is 4.70. The van der Waals surface area contributed by atoms with Crippen LogP contribution in [-0.2, 0) is 0 Å². The van der Waals surface area contributed by atoms with Crippen LogP contribution < -0.4 is 10.1 Å². The van der Waals surface area contributed by atoms with E-state index >= 15 is 0 Å². The minimum atomic E-state index is 0.0594. The summed E-state index contributed by atoms with van der Waals surface area (Å²) in [7, 11) is 0. The Morgan fingerprint density at radius 1 is 1.25 bits per heavy atom. The molecule has 2 aromatic rings. The molecule has 0 saturated heterocycles. The molecule has 0 amide bonds. The number of aryl methyl sites for hydroxylation is 1. The Hall–Kier alpha value is -1.88. The van der Waals surface area contributed by atoms with Gasteiger partial charge in [0.05, 0.1) is 12.6 Å². The van der Waals surface area contributed by atoms with Gasteiger partial charge in [0.1, 0.15) is 0 Å². The van der Waals surface area contributed by atoms with E-state index in [4.69, 9.17) is 16.3 Å². The monoisotopic (exact) mass is 292 g/mol. The van der Waals surface area contributed by atoms with Crippen LogP contribution >= 0.6 is 11.6 Å². The molecule has 0 aliphatic carbocycles. The van der Waals surface area contributed by atoms with E-state index in [-0.39, 0.29) is 17.3 Å². The van der Waals surface area contributed by atoms with Crippen LogP contribution in [0.15, 0.2) is 24.3 Å². The summed E-state index contributed by atoms with van der Waals surface area (Å²) in [6, 6.07) is 8.44. The van der Waals surface area contributed by atoms with E-state index < -0.39 is 0 Å². The van der Waals surface area contributed by atoms with Crippen LogP contribution in [0.5, 0.6) is 6.01 Å². The van der Waals surface area contributed by atoms with E-state index in [1.165, 1.54) is 11.1 Å². The summed E-state index contributed by atoms with van der Waals surface area (Å²) in [6.07, 6.45) is 0. The number of hydrogen-bond donors (Lipinski definition) is 1. The van der Waals surface area contributed by atoms with Gasteiger partial charge in [-0.3, -0.25) is 0 Å². The van der Waals surface area contributed by atoms with E-state index in [1.807, 2.05) is 26.0 Å². The van der Waals surface area contributed by atoms with Crippen molar-refractivity contribution in [1.29, 1.82) is 0 Å². The first-order valence-electron chi connectivity index (χ1n) is 6.46. The SMILES string of the molecule is CCOc1nc(Cl)nc(NC(C)c2ccccc2C)n1. The average molecular weight is 293 g/mol. The van der Waals surface area contributed by atoms with Gasteiger partial charge in [0.2, 0.25) is 11.2 Å². The highest BCUT2D eigenvalue weighted by Crippen LogP contribution is 2.21. The van der Waals surface area contributed by atoms with Gasteiger partial charge in [-0.05, 0) is 43.5 Å². The van der Waals surface area contributed by atoms with Crippen LogP contribution in [0, 0.1) is 6.92 Å². The van der Waals surface area contributed by atoms with Crippen LogP contribution in [0.3, 0.4) is 0 Å². The molecule has 0 spiro atoms. The fourth-order valence-corrected chi connectivity index (χ4v) is 2.09. The Labute approximate surface area is 123 Å². The molecule has 106 valence electrons. The first-order valence-corrected chi connectivity index (χ1v) is 6.84. The predicted molar refractivity (Wildman–Crippen MR) is 79.2 cm³/mol. The van der Waals surface area contributed by atoms with Crippen molar-refractivity contribution >= 4 is 17.5 Å². The van der Waals surface area contributed by atoms with E-state index in [0.29, 0.717) is 12.6 Å². The zero-order chi connectivity index (χ0) is 14.5. The fraction of sp³-hybridized carbons (Fsp3) is 0.357. The quantitative estimate of drug-likeness (QED) is 0.915. The Morgan fingerprint density at radius 3 is 2.70 bits per heavy atom. The van der Waals surface area contributed by atoms with Crippen LogP contribution in [0.2, 0.25) is 5.28 Å². The van der Waals surface area contributed by atoms with Crippen molar-refractivity contribution < 1.29 is 4.74 Å². The number of anilines is 1. The van der Waals surface area contributed by atoms with Gasteiger partial charge in [-0.15, -0.1) is 0 Å². The predicted octanol–water partition coefficient (Wildman–Crippen LogP) is 3.41. The third kappa shape index (κ3) is 3.57. The normalized spacial score (nSPS) is 12.0. The van der Waals surface area contributed by atoms with Gasteiger partial charge in [-0.2, -0.15) is 15.0 Å². The average Bonchev–Trinajstić information content (AvgIpc) is 2.38. The molecule has 0 radical (unpaired) electrons. The molecule has 0 aliphatic heterocycles. The highest BCUT2D eigenvalue weighted by atomic mass is 35.5. The molecule has 20 heavy (non-hydrogen) atoms. The van der Waals surface area contributed by atoms with Gasteiger partial charge in [-0.25, -0.2) is 0 Å². The molecule has 0 aliphatic rings. The first-order chi connectivity index (χ1) is 9.60. The number of halogens is 1. The smallest absolute Gasteiger partial charge is 0.322 e. The standard InChI is InChI=1S/C14H17ClN4O/c1-4-20-14-18-12(15)17-13(19-14)16-10(3)11-8-6-5-7-9(11)2/h5-8,10H,4H2,1-3H3,(H,16,17,18,19). The van der Waals surface area contributed by atoms with Crippen molar-refractivity contribution in [2.75, 3.05) is 11.9 Å². The number of nitrogens with one attached hydrogen (secondary N) is 1. The molecule has 1 N–H and O–H groups in total. The highest BCUT2D eigenvalue weighted by Gasteiger charge is 2.11. The van der Waals surface area contributed by atoms with Gasteiger partial charge >= 0.3 is 6.01 Å². The molecule has 1 aromatic heterocycles. The summed E-state index contributed by atoms with van der Waals surface area (Å²) in [5.41, 5.74) is 2.39. The number of ether oxygens (including phenoxy) is 1.